The van der Waals surface area contributed by atoms with E-state index in [0.717, 1.165) is 17.0 Å². The van der Waals surface area contributed by atoms with Gasteiger partial charge in [0.05, 0.1) is 25.9 Å². The molecule has 0 aliphatic carbocycles. The standard InChI is InChI=1S/C19H23N3O3/c1-15(23)22(11-9-16-6-5-8-18(12-16)25-2)14-19(24)21-13-17-7-3-4-10-20-17/h3-8,10,12H,9,11,13-14H2,1-2H3,(H,21,24). The zero-order valence-corrected chi connectivity index (χ0v) is 14.6. The van der Waals surface area contributed by atoms with Crippen molar-refractivity contribution in [3.05, 3.63) is 59.9 Å². The van der Waals surface area contributed by atoms with Crippen LogP contribution in [0.15, 0.2) is 48.7 Å². The first-order chi connectivity index (χ1) is 12.1. The molecular formula is C19H23N3O3. The minimum Gasteiger partial charge on any atom is -0.497 e. The monoisotopic (exact) mass is 341 g/mol. The lowest BCUT2D eigenvalue weighted by molar-refractivity contribution is -0.134. The Hall–Kier alpha value is -2.89. The zero-order chi connectivity index (χ0) is 18.1. The largest absolute Gasteiger partial charge is 0.497 e. The van der Waals surface area contributed by atoms with Crippen LogP contribution in [0.25, 0.3) is 0 Å². The molecule has 2 aromatic rings. The smallest absolute Gasteiger partial charge is 0.239 e. The minimum absolute atomic E-state index is 0.0339. The van der Waals surface area contributed by atoms with E-state index < -0.39 is 0 Å². The number of carbonyl (C=O) groups excluding carboxylic acids is 2. The van der Waals surface area contributed by atoms with E-state index in [0.29, 0.717) is 19.5 Å². The van der Waals surface area contributed by atoms with Gasteiger partial charge in [0, 0.05) is 19.7 Å². The molecule has 0 saturated carbocycles. The first-order valence-corrected chi connectivity index (χ1v) is 8.13. The SMILES string of the molecule is COc1cccc(CCN(CC(=O)NCc2ccccn2)C(C)=O)c1. The number of benzene rings is 1. The van der Waals surface area contributed by atoms with Crippen molar-refractivity contribution in [3.8, 4) is 5.75 Å². The minimum atomic E-state index is -0.202. The molecule has 0 aliphatic heterocycles. The molecule has 1 aromatic carbocycles. The Labute approximate surface area is 147 Å². The Balaban J connectivity index is 1.85. The van der Waals surface area contributed by atoms with Crippen LogP contribution in [0.2, 0.25) is 0 Å². The number of ether oxygens (including phenoxy) is 1. The van der Waals surface area contributed by atoms with E-state index in [4.69, 9.17) is 4.74 Å². The van der Waals surface area contributed by atoms with Crippen LogP contribution in [-0.4, -0.2) is 41.9 Å². The van der Waals surface area contributed by atoms with Crippen molar-refractivity contribution in [3.63, 3.8) is 0 Å². The molecule has 0 spiro atoms. The van der Waals surface area contributed by atoms with Crippen molar-refractivity contribution in [1.29, 1.82) is 0 Å². The predicted octanol–water partition coefficient (Wildman–Crippen LogP) is 1.80. The summed E-state index contributed by atoms with van der Waals surface area (Å²) >= 11 is 0. The van der Waals surface area contributed by atoms with E-state index in [9.17, 15) is 9.59 Å². The molecule has 0 saturated heterocycles. The van der Waals surface area contributed by atoms with E-state index in [-0.39, 0.29) is 18.4 Å². The summed E-state index contributed by atoms with van der Waals surface area (Å²) in [5, 5.41) is 2.79. The van der Waals surface area contributed by atoms with Gasteiger partial charge in [-0.1, -0.05) is 18.2 Å². The molecule has 0 aliphatic rings. The maximum absolute atomic E-state index is 12.1. The van der Waals surface area contributed by atoms with Gasteiger partial charge in [-0.15, -0.1) is 0 Å². The van der Waals surface area contributed by atoms with Gasteiger partial charge in [0.2, 0.25) is 11.8 Å². The summed E-state index contributed by atoms with van der Waals surface area (Å²) in [6.45, 7) is 2.32. The molecule has 2 rings (SSSR count). The van der Waals surface area contributed by atoms with Crippen LogP contribution in [0.1, 0.15) is 18.2 Å². The van der Waals surface area contributed by atoms with E-state index in [1.54, 1.807) is 13.3 Å². The van der Waals surface area contributed by atoms with Crippen molar-refractivity contribution < 1.29 is 14.3 Å². The molecule has 0 unspecified atom stereocenters. The third-order valence-electron chi connectivity index (χ3n) is 3.78. The Morgan fingerprint density at radius 3 is 2.72 bits per heavy atom. The number of nitrogens with one attached hydrogen (secondary N) is 1. The van der Waals surface area contributed by atoms with Gasteiger partial charge in [-0.2, -0.15) is 0 Å². The van der Waals surface area contributed by atoms with E-state index in [1.165, 1.54) is 11.8 Å². The van der Waals surface area contributed by atoms with E-state index in [2.05, 4.69) is 10.3 Å². The van der Waals surface area contributed by atoms with Crippen LogP contribution in [0.5, 0.6) is 5.75 Å². The lowest BCUT2D eigenvalue weighted by atomic mass is 10.1. The Bertz CT molecular complexity index is 704. The van der Waals surface area contributed by atoms with Crippen molar-refractivity contribution in [1.82, 2.24) is 15.2 Å². The lowest BCUT2D eigenvalue weighted by Gasteiger charge is -2.20. The third-order valence-corrected chi connectivity index (χ3v) is 3.78. The Morgan fingerprint density at radius 2 is 2.04 bits per heavy atom. The molecule has 2 amide bonds. The summed E-state index contributed by atoms with van der Waals surface area (Å²) in [4.78, 5) is 29.6. The lowest BCUT2D eigenvalue weighted by Crippen LogP contribution is -2.40. The molecule has 132 valence electrons. The fourth-order valence-corrected chi connectivity index (χ4v) is 2.36. The number of aromatic nitrogens is 1. The van der Waals surface area contributed by atoms with Gasteiger partial charge in [-0.25, -0.2) is 0 Å². The highest BCUT2D eigenvalue weighted by Crippen LogP contribution is 2.13. The van der Waals surface area contributed by atoms with Gasteiger partial charge >= 0.3 is 0 Å². The van der Waals surface area contributed by atoms with Crippen molar-refractivity contribution in [2.75, 3.05) is 20.2 Å². The van der Waals surface area contributed by atoms with Gasteiger partial charge in [-0.3, -0.25) is 14.6 Å². The molecule has 0 fully saturated rings. The summed E-state index contributed by atoms with van der Waals surface area (Å²) < 4.78 is 5.20. The summed E-state index contributed by atoms with van der Waals surface area (Å²) in [6, 6.07) is 13.2. The maximum Gasteiger partial charge on any atom is 0.239 e. The maximum atomic E-state index is 12.1. The molecular weight excluding hydrogens is 318 g/mol. The fraction of sp³-hybridized carbons (Fsp3) is 0.316. The van der Waals surface area contributed by atoms with Crippen LogP contribution in [0.4, 0.5) is 0 Å². The number of hydrogen-bond donors (Lipinski definition) is 1. The zero-order valence-electron chi connectivity index (χ0n) is 14.6. The van der Waals surface area contributed by atoms with Crippen molar-refractivity contribution in [2.45, 2.75) is 19.9 Å². The number of methoxy groups -OCH3 is 1. The van der Waals surface area contributed by atoms with Gasteiger partial charge in [0.15, 0.2) is 0 Å². The summed E-state index contributed by atoms with van der Waals surface area (Å²) in [7, 11) is 1.62. The number of pyridine rings is 1. The number of rotatable bonds is 8. The predicted molar refractivity (Wildman–Crippen MR) is 95.0 cm³/mol. The average molecular weight is 341 g/mol. The Kier molecular flexibility index (Phi) is 6.95. The quantitative estimate of drug-likeness (QED) is 0.795. The second-order valence-electron chi connectivity index (χ2n) is 5.64. The van der Waals surface area contributed by atoms with Crippen LogP contribution >= 0.6 is 0 Å². The molecule has 0 atom stereocenters. The van der Waals surface area contributed by atoms with E-state index >= 15 is 0 Å². The van der Waals surface area contributed by atoms with Crippen LogP contribution < -0.4 is 10.1 Å². The number of carbonyl (C=O) groups is 2. The van der Waals surface area contributed by atoms with Gasteiger partial charge in [0.25, 0.3) is 0 Å². The van der Waals surface area contributed by atoms with Crippen molar-refractivity contribution >= 4 is 11.8 Å². The molecule has 0 radical (unpaired) electrons. The van der Waals surface area contributed by atoms with Crippen molar-refractivity contribution in [2.24, 2.45) is 0 Å². The topological polar surface area (TPSA) is 71.5 Å². The first-order valence-electron chi connectivity index (χ1n) is 8.13. The highest BCUT2D eigenvalue weighted by Gasteiger charge is 2.13. The average Bonchev–Trinajstić information content (AvgIpc) is 2.64. The summed E-state index contributed by atoms with van der Waals surface area (Å²) in [6.07, 6.45) is 2.34. The van der Waals surface area contributed by atoms with Crippen LogP contribution in [-0.2, 0) is 22.6 Å². The second-order valence-corrected chi connectivity index (χ2v) is 5.64. The highest BCUT2D eigenvalue weighted by atomic mass is 16.5. The van der Waals surface area contributed by atoms with Gasteiger partial charge in [-0.05, 0) is 36.2 Å². The normalized spacial score (nSPS) is 10.2. The van der Waals surface area contributed by atoms with Crippen LogP contribution in [0, 0.1) is 0 Å². The second kappa shape index (κ2) is 9.42. The first kappa shape index (κ1) is 18.4. The molecule has 1 heterocycles. The number of hydrogen-bond acceptors (Lipinski definition) is 4. The molecule has 1 N–H and O–H groups in total. The molecule has 0 bridgehead atoms. The fourth-order valence-electron chi connectivity index (χ4n) is 2.36. The molecule has 25 heavy (non-hydrogen) atoms. The molecule has 1 aromatic heterocycles. The summed E-state index contributed by atoms with van der Waals surface area (Å²) in [5.74, 6) is 0.447. The molecule has 6 nitrogen and oxygen atoms in total. The van der Waals surface area contributed by atoms with Crippen LogP contribution in [0.3, 0.4) is 0 Å². The summed E-state index contributed by atoms with van der Waals surface area (Å²) in [5.41, 5.74) is 1.83. The number of nitrogens with zero attached hydrogens (tertiary/aromatic N) is 2. The highest BCUT2D eigenvalue weighted by molar-refractivity contribution is 5.83. The van der Waals surface area contributed by atoms with E-state index in [1.807, 2.05) is 42.5 Å². The number of amides is 2. The van der Waals surface area contributed by atoms with Gasteiger partial charge in [0.1, 0.15) is 5.75 Å². The Morgan fingerprint density at radius 1 is 1.20 bits per heavy atom. The molecule has 6 heteroatoms. The third kappa shape index (κ3) is 6.25. The van der Waals surface area contributed by atoms with Gasteiger partial charge < -0.3 is 15.0 Å².